The number of rotatable bonds is 5. The van der Waals surface area contributed by atoms with Crippen molar-refractivity contribution in [3.05, 3.63) is 53.5 Å². The first-order chi connectivity index (χ1) is 16.0. The first kappa shape index (κ1) is 23.9. The van der Waals surface area contributed by atoms with Gasteiger partial charge in [0.15, 0.2) is 0 Å². The Kier molecular flexibility index (Phi) is 6.20. The van der Waals surface area contributed by atoms with Gasteiger partial charge in [0, 0.05) is 34.9 Å². The summed E-state index contributed by atoms with van der Waals surface area (Å²) in [6.07, 6.45) is 2.21. The zero-order valence-corrected chi connectivity index (χ0v) is 18.8. The second-order valence-electron chi connectivity index (χ2n) is 9.21. The molecule has 0 radical (unpaired) electrons. The predicted molar refractivity (Wildman–Crippen MR) is 119 cm³/mol. The fourth-order valence-electron chi connectivity index (χ4n) is 4.27. The SMILES string of the molecule is CC(C)(O)c1cc2nn([C@H]3CC[C@H](C=O)CC3)cc2cc1NC(=O)c1ccc(C(F)(F)F)cn1. The van der Waals surface area contributed by atoms with Gasteiger partial charge in [-0.25, -0.2) is 0 Å². The summed E-state index contributed by atoms with van der Waals surface area (Å²) in [6.45, 7) is 3.13. The van der Waals surface area contributed by atoms with Crippen molar-refractivity contribution in [3.63, 3.8) is 0 Å². The van der Waals surface area contributed by atoms with Gasteiger partial charge in [-0.3, -0.25) is 14.5 Å². The van der Waals surface area contributed by atoms with E-state index in [2.05, 4.69) is 15.4 Å². The van der Waals surface area contributed by atoms with E-state index >= 15 is 0 Å². The number of alkyl halides is 3. The third kappa shape index (κ3) is 4.96. The molecule has 1 amide bonds. The highest BCUT2D eigenvalue weighted by atomic mass is 19.4. The monoisotopic (exact) mass is 474 g/mol. The van der Waals surface area contributed by atoms with Crippen LogP contribution in [-0.4, -0.2) is 32.1 Å². The lowest BCUT2D eigenvalue weighted by Gasteiger charge is -2.25. The molecular weight excluding hydrogens is 449 g/mol. The summed E-state index contributed by atoms with van der Waals surface area (Å²) in [6, 6.07) is 5.34. The molecule has 10 heteroatoms. The Morgan fingerprint density at radius 2 is 1.88 bits per heavy atom. The maximum atomic E-state index is 12.8. The maximum Gasteiger partial charge on any atom is 0.417 e. The minimum absolute atomic E-state index is 0.0867. The van der Waals surface area contributed by atoms with Gasteiger partial charge in [0.1, 0.15) is 12.0 Å². The molecule has 7 nitrogen and oxygen atoms in total. The fraction of sp³-hybridized carbons (Fsp3) is 0.417. The molecule has 0 spiro atoms. The third-order valence-electron chi connectivity index (χ3n) is 6.20. The number of carbonyl (C=O) groups is 2. The van der Waals surface area contributed by atoms with Gasteiger partial charge < -0.3 is 15.2 Å². The highest BCUT2D eigenvalue weighted by Gasteiger charge is 2.31. The highest BCUT2D eigenvalue weighted by molar-refractivity contribution is 6.04. The van der Waals surface area contributed by atoms with Gasteiger partial charge in [-0.2, -0.15) is 18.3 Å². The van der Waals surface area contributed by atoms with Crippen molar-refractivity contribution in [2.75, 3.05) is 5.32 Å². The number of hydrogen-bond donors (Lipinski definition) is 2. The van der Waals surface area contributed by atoms with Crippen molar-refractivity contribution in [1.82, 2.24) is 14.8 Å². The number of carbonyl (C=O) groups excluding carboxylic acids is 2. The molecule has 2 N–H and O–H groups in total. The number of hydrogen-bond acceptors (Lipinski definition) is 5. The molecule has 1 fully saturated rings. The first-order valence-corrected chi connectivity index (χ1v) is 11.0. The second-order valence-corrected chi connectivity index (χ2v) is 9.21. The Balaban J connectivity index is 1.63. The Hall–Kier alpha value is -3.27. The van der Waals surface area contributed by atoms with Crippen molar-refractivity contribution in [2.24, 2.45) is 5.92 Å². The first-order valence-electron chi connectivity index (χ1n) is 11.0. The van der Waals surface area contributed by atoms with Gasteiger partial charge in [0.2, 0.25) is 0 Å². The minimum Gasteiger partial charge on any atom is -0.386 e. The Labute approximate surface area is 194 Å². The maximum absolute atomic E-state index is 12.8. The fourth-order valence-corrected chi connectivity index (χ4v) is 4.27. The van der Waals surface area contributed by atoms with Gasteiger partial charge in [0.25, 0.3) is 5.91 Å². The van der Waals surface area contributed by atoms with Crippen molar-refractivity contribution < 1.29 is 27.9 Å². The molecule has 0 saturated heterocycles. The van der Waals surface area contributed by atoms with E-state index < -0.39 is 23.2 Å². The van der Waals surface area contributed by atoms with Crippen LogP contribution in [0.3, 0.4) is 0 Å². The molecule has 0 aliphatic heterocycles. The molecule has 0 atom stereocenters. The number of aromatic nitrogens is 3. The molecule has 180 valence electrons. The van der Waals surface area contributed by atoms with Gasteiger partial charge >= 0.3 is 6.18 Å². The lowest BCUT2D eigenvalue weighted by Crippen LogP contribution is -2.21. The van der Waals surface area contributed by atoms with E-state index in [1.165, 1.54) is 0 Å². The van der Waals surface area contributed by atoms with Crippen LogP contribution in [0, 0.1) is 5.92 Å². The van der Waals surface area contributed by atoms with E-state index in [9.17, 15) is 27.9 Å². The number of amides is 1. The number of aldehydes is 1. The number of nitrogens with one attached hydrogen (secondary N) is 1. The molecule has 4 rings (SSSR count). The van der Waals surface area contributed by atoms with Crippen LogP contribution in [0.15, 0.2) is 36.7 Å². The highest BCUT2D eigenvalue weighted by Crippen LogP contribution is 2.35. The van der Waals surface area contributed by atoms with Crippen LogP contribution < -0.4 is 5.32 Å². The van der Waals surface area contributed by atoms with Crippen LogP contribution in [0.1, 0.15) is 67.2 Å². The van der Waals surface area contributed by atoms with E-state index in [0.717, 1.165) is 49.5 Å². The van der Waals surface area contributed by atoms with E-state index in [0.29, 0.717) is 23.0 Å². The van der Waals surface area contributed by atoms with Crippen molar-refractivity contribution in [2.45, 2.75) is 57.3 Å². The molecule has 1 aliphatic rings. The minimum atomic E-state index is -4.55. The topological polar surface area (TPSA) is 97.1 Å². The number of nitrogens with zero attached hydrogens (tertiary/aromatic N) is 3. The van der Waals surface area contributed by atoms with Crippen LogP contribution in [0.4, 0.5) is 18.9 Å². The quantitative estimate of drug-likeness (QED) is 0.515. The summed E-state index contributed by atoms with van der Waals surface area (Å²) in [5.41, 5.74) is -1.09. The molecule has 34 heavy (non-hydrogen) atoms. The van der Waals surface area contributed by atoms with E-state index in [1.54, 1.807) is 26.0 Å². The lowest BCUT2D eigenvalue weighted by molar-refractivity contribution is -0.137. The number of benzene rings is 1. The molecular formula is C24H25F3N4O3. The number of fused-ring (bicyclic) bond motifs is 1. The van der Waals surface area contributed by atoms with E-state index in [-0.39, 0.29) is 17.7 Å². The molecule has 1 saturated carbocycles. The largest absolute Gasteiger partial charge is 0.417 e. The van der Waals surface area contributed by atoms with Crippen LogP contribution in [0.25, 0.3) is 10.9 Å². The van der Waals surface area contributed by atoms with Gasteiger partial charge in [-0.05, 0) is 63.8 Å². The van der Waals surface area contributed by atoms with Crippen molar-refractivity contribution >= 4 is 28.8 Å². The number of pyridine rings is 1. The average Bonchev–Trinajstić information content (AvgIpc) is 3.20. The normalized spacial score (nSPS) is 19.2. The summed E-state index contributed by atoms with van der Waals surface area (Å²) in [4.78, 5) is 27.4. The standard InChI is InChI=1S/C24H25F3N4O3/c1-23(2,34)18-10-20-15(12-31(30-20)17-6-3-14(13-32)4-7-17)9-21(18)29-22(33)19-8-5-16(11-28-19)24(25,26)27/h5,8-14,17,34H,3-4,6-7H2,1-2H3,(H,29,33)/t14-,17-. The van der Waals surface area contributed by atoms with Gasteiger partial charge in [-0.15, -0.1) is 0 Å². The molecule has 2 heterocycles. The average molecular weight is 474 g/mol. The van der Waals surface area contributed by atoms with Crippen LogP contribution in [0.2, 0.25) is 0 Å². The van der Waals surface area contributed by atoms with E-state index in [4.69, 9.17) is 0 Å². The predicted octanol–water partition coefficient (Wildman–Crippen LogP) is 4.86. The summed E-state index contributed by atoms with van der Waals surface area (Å²) in [7, 11) is 0. The van der Waals surface area contributed by atoms with Crippen LogP contribution >= 0.6 is 0 Å². The number of halogens is 3. The zero-order chi connectivity index (χ0) is 24.7. The summed E-state index contributed by atoms with van der Waals surface area (Å²) >= 11 is 0. The molecule has 1 aromatic carbocycles. The molecule has 0 unspecified atom stereocenters. The molecule has 0 bridgehead atoms. The molecule has 1 aliphatic carbocycles. The summed E-state index contributed by atoms with van der Waals surface area (Å²) in [5.74, 6) is -0.609. The van der Waals surface area contributed by atoms with Crippen molar-refractivity contribution in [3.8, 4) is 0 Å². The van der Waals surface area contributed by atoms with Gasteiger partial charge in [0.05, 0.1) is 22.7 Å². The second kappa shape index (κ2) is 8.83. The number of aliphatic hydroxyl groups is 1. The molecule has 3 aromatic rings. The Morgan fingerprint density at radius 1 is 1.18 bits per heavy atom. The summed E-state index contributed by atoms with van der Waals surface area (Å²) in [5, 5.41) is 18.8. The van der Waals surface area contributed by atoms with Crippen molar-refractivity contribution in [1.29, 1.82) is 0 Å². The Bertz CT molecular complexity index is 1210. The molecule has 2 aromatic heterocycles. The van der Waals surface area contributed by atoms with Gasteiger partial charge in [-0.1, -0.05) is 0 Å². The van der Waals surface area contributed by atoms with E-state index in [1.807, 2.05) is 10.9 Å². The Morgan fingerprint density at radius 3 is 2.44 bits per heavy atom. The van der Waals surface area contributed by atoms with Crippen LogP contribution in [0.5, 0.6) is 0 Å². The number of anilines is 1. The summed E-state index contributed by atoms with van der Waals surface area (Å²) < 4.78 is 40.2. The lowest BCUT2D eigenvalue weighted by atomic mass is 9.87. The third-order valence-corrected chi connectivity index (χ3v) is 6.20. The smallest absolute Gasteiger partial charge is 0.386 e. The van der Waals surface area contributed by atoms with Crippen LogP contribution in [-0.2, 0) is 16.6 Å². The zero-order valence-electron chi connectivity index (χ0n) is 18.8.